The van der Waals surface area contributed by atoms with Crippen LogP contribution < -0.4 is 10.1 Å². The fraction of sp³-hybridized carbons (Fsp3) is 0.571. The van der Waals surface area contributed by atoms with E-state index in [9.17, 15) is 8.42 Å². The molecule has 0 radical (unpaired) electrons. The molecule has 1 aliphatic rings. The van der Waals surface area contributed by atoms with E-state index in [-0.39, 0.29) is 17.7 Å². The number of benzene rings is 1. The predicted molar refractivity (Wildman–Crippen MR) is 76.2 cm³/mol. The van der Waals surface area contributed by atoms with Gasteiger partial charge in [0.25, 0.3) is 0 Å². The molecule has 5 heteroatoms. The monoisotopic (exact) mass is 283 g/mol. The smallest absolute Gasteiger partial charge is 0.155 e. The minimum atomic E-state index is -3.05. The molecule has 19 heavy (non-hydrogen) atoms. The summed E-state index contributed by atoms with van der Waals surface area (Å²) < 4.78 is 29.6. The lowest BCUT2D eigenvalue weighted by Crippen LogP contribution is -2.33. The third kappa shape index (κ3) is 3.09. The van der Waals surface area contributed by atoms with E-state index < -0.39 is 15.1 Å². The molecule has 0 aromatic heterocycles. The van der Waals surface area contributed by atoms with Gasteiger partial charge in [-0.05, 0) is 37.1 Å². The van der Waals surface area contributed by atoms with Crippen molar-refractivity contribution in [3.8, 4) is 5.75 Å². The van der Waals surface area contributed by atoms with E-state index in [4.69, 9.17) is 4.74 Å². The number of sulfone groups is 1. The van der Waals surface area contributed by atoms with Gasteiger partial charge in [-0.25, -0.2) is 8.42 Å². The Hall–Kier alpha value is -1.07. The van der Waals surface area contributed by atoms with Crippen molar-refractivity contribution in [1.82, 2.24) is 5.32 Å². The number of nitrogens with one attached hydrogen (secondary N) is 1. The Morgan fingerprint density at radius 2 is 1.84 bits per heavy atom. The Morgan fingerprint density at radius 1 is 1.21 bits per heavy atom. The summed E-state index contributed by atoms with van der Waals surface area (Å²) in [4.78, 5) is 0. The van der Waals surface area contributed by atoms with Crippen LogP contribution in [0.5, 0.6) is 5.75 Å². The summed E-state index contributed by atoms with van der Waals surface area (Å²) in [6.07, 6.45) is 0. The molecule has 0 amide bonds. The molecule has 1 saturated heterocycles. The molecule has 1 aliphatic heterocycles. The zero-order valence-electron chi connectivity index (χ0n) is 11.6. The predicted octanol–water partition coefficient (Wildman–Crippen LogP) is 1.78. The van der Waals surface area contributed by atoms with Crippen LogP contribution in [0.2, 0.25) is 0 Å². The first-order valence-corrected chi connectivity index (χ1v) is 8.24. The summed E-state index contributed by atoms with van der Waals surface area (Å²) in [7, 11) is -1.44. The summed E-state index contributed by atoms with van der Waals surface area (Å²) in [5.41, 5.74) is 0.992. The first kappa shape index (κ1) is 14.3. The van der Waals surface area contributed by atoms with Crippen molar-refractivity contribution in [3.63, 3.8) is 0 Å². The van der Waals surface area contributed by atoms with Crippen molar-refractivity contribution in [2.24, 2.45) is 5.92 Å². The third-order valence-corrected chi connectivity index (χ3v) is 6.15. The van der Waals surface area contributed by atoms with E-state index in [2.05, 4.69) is 5.32 Å². The van der Waals surface area contributed by atoms with Crippen molar-refractivity contribution >= 4 is 9.84 Å². The Balaban J connectivity index is 2.31. The van der Waals surface area contributed by atoms with Gasteiger partial charge in [-0.2, -0.15) is 0 Å². The molecule has 4 nitrogen and oxygen atoms in total. The van der Waals surface area contributed by atoms with E-state index >= 15 is 0 Å². The molecule has 1 fully saturated rings. The maximum absolute atomic E-state index is 12.3. The molecule has 0 bridgehead atoms. The number of ether oxygens (including phenoxy) is 1. The fourth-order valence-corrected chi connectivity index (χ4v) is 4.39. The summed E-state index contributed by atoms with van der Waals surface area (Å²) in [5, 5.41) is 2.96. The molecular formula is C14H21NO3S. The van der Waals surface area contributed by atoms with Gasteiger partial charge in [-0.15, -0.1) is 0 Å². The molecule has 1 heterocycles. The van der Waals surface area contributed by atoms with E-state index in [1.54, 1.807) is 14.0 Å². The molecule has 3 unspecified atom stereocenters. The molecule has 0 saturated carbocycles. The molecule has 106 valence electrons. The van der Waals surface area contributed by atoms with E-state index in [1.807, 2.05) is 31.2 Å². The molecule has 1 aromatic carbocycles. The van der Waals surface area contributed by atoms with Gasteiger partial charge in [0.2, 0.25) is 0 Å². The largest absolute Gasteiger partial charge is 0.497 e. The molecular weight excluding hydrogens is 262 g/mol. The minimum absolute atomic E-state index is 0.149. The van der Waals surface area contributed by atoms with Gasteiger partial charge in [-0.3, -0.25) is 0 Å². The highest BCUT2D eigenvalue weighted by molar-refractivity contribution is 7.92. The Kier molecular flexibility index (Phi) is 4.16. The molecule has 1 N–H and O–H groups in total. The van der Waals surface area contributed by atoms with Crippen molar-refractivity contribution in [2.45, 2.75) is 25.1 Å². The van der Waals surface area contributed by atoms with Gasteiger partial charge < -0.3 is 10.1 Å². The number of methoxy groups -OCH3 is 1. The first-order valence-electron chi connectivity index (χ1n) is 6.53. The Morgan fingerprint density at radius 3 is 2.42 bits per heavy atom. The highest BCUT2D eigenvalue weighted by Crippen LogP contribution is 2.27. The normalized spacial score (nSPS) is 30.6. The summed E-state index contributed by atoms with van der Waals surface area (Å²) in [5.74, 6) is 1.19. The lowest BCUT2D eigenvalue weighted by molar-refractivity contribution is 0.414. The van der Waals surface area contributed by atoms with Crippen molar-refractivity contribution in [2.75, 3.05) is 19.4 Å². The molecule has 1 aromatic rings. The Labute approximate surface area is 115 Å². The van der Waals surface area contributed by atoms with Crippen molar-refractivity contribution in [1.29, 1.82) is 0 Å². The van der Waals surface area contributed by atoms with Crippen LogP contribution in [0.15, 0.2) is 24.3 Å². The number of hydrogen-bond donors (Lipinski definition) is 1. The second kappa shape index (κ2) is 5.51. The quantitative estimate of drug-likeness (QED) is 0.899. The van der Waals surface area contributed by atoms with Gasteiger partial charge in [0.15, 0.2) is 9.84 Å². The SMILES string of the molecule is COc1ccc(C2NCC(C)CS(=O)(=O)C2C)cc1. The minimum Gasteiger partial charge on any atom is -0.497 e. The zero-order valence-corrected chi connectivity index (χ0v) is 12.4. The summed E-state index contributed by atoms with van der Waals surface area (Å²) >= 11 is 0. The van der Waals surface area contributed by atoms with Gasteiger partial charge in [0.05, 0.1) is 18.1 Å². The maximum Gasteiger partial charge on any atom is 0.155 e. The average molecular weight is 283 g/mol. The third-order valence-electron chi connectivity index (χ3n) is 3.71. The van der Waals surface area contributed by atoms with Crippen molar-refractivity contribution < 1.29 is 13.2 Å². The van der Waals surface area contributed by atoms with Crippen LogP contribution in [0.1, 0.15) is 25.5 Å². The van der Waals surface area contributed by atoms with Crippen molar-refractivity contribution in [3.05, 3.63) is 29.8 Å². The van der Waals surface area contributed by atoms with Gasteiger partial charge in [0.1, 0.15) is 5.75 Å². The van der Waals surface area contributed by atoms with Gasteiger partial charge in [-0.1, -0.05) is 19.1 Å². The standard InChI is InChI=1S/C14H21NO3S/c1-10-8-15-14(11(2)19(16,17)9-10)12-4-6-13(18-3)7-5-12/h4-7,10-11,14-15H,8-9H2,1-3H3. The topological polar surface area (TPSA) is 55.4 Å². The summed E-state index contributed by atoms with van der Waals surface area (Å²) in [6.45, 7) is 4.48. The number of rotatable bonds is 2. The molecule has 2 rings (SSSR count). The van der Waals surface area contributed by atoms with Gasteiger partial charge >= 0.3 is 0 Å². The average Bonchev–Trinajstić information content (AvgIpc) is 2.47. The first-order chi connectivity index (χ1) is 8.94. The van der Waals surface area contributed by atoms with E-state index in [0.29, 0.717) is 0 Å². The maximum atomic E-state index is 12.3. The molecule has 0 spiro atoms. The van der Waals surface area contributed by atoms with Crippen LogP contribution in [-0.4, -0.2) is 33.1 Å². The van der Waals surface area contributed by atoms with Gasteiger partial charge in [0, 0.05) is 6.04 Å². The van der Waals surface area contributed by atoms with Crippen LogP contribution in [0.3, 0.4) is 0 Å². The highest BCUT2D eigenvalue weighted by Gasteiger charge is 2.34. The zero-order chi connectivity index (χ0) is 14.0. The Bertz CT molecular complexity index is 524. The van der Waals surface area contributed by atoms with Crippen LogP contribution >= 0.6 is 0 Å². The molecule has 0 aliphatic carbocycles. The van der Waals surface area contributed by atoms with E-state index in [1.165, 1.54) is 0 Å². The van der Waals surface area contributed by atoms with Crippen LogP contribution in [0.25, 0.3) is 0 Å². The second-order valence-corrected chi connectivity index (χ2v) is 7.70. The summed E-state index contributed by atoms with van der Waals surface area (Å²) in [6, 6.07) is 7.44. The van der Waals surface area contributed by atoms with Crippen LogP contribution in [0, 0.1) is 5.92 Å². The van der Waals surface area contributed by atoms with Crippen LogP contribution in [0.4, 0.5) is 0 Å². The number of hydrogen-bond acceptors (Lipinski definition) is 4. The molecule has 3 atom stereocenters. The lowest BCUT2D eigenvalue weighted by Gasteiger charge is -2.22. The second-order valence-electron chi connectivity index (χ2n) is 5.30. The highest BCUT2D eigenvalue weighted by atomic mass is 32.2. The fourth-order valence-electron chi connectivity index (χ4n) is 2.51. The van der Waals surface area contributed by atoms with E-state index in [0.717, 1.165) is 17.9 Å². The van der Waals surface area contributed by atoms with Crippen LogP contribution in [-0.2, 0) is 9.84 Å². The lowest BCUT2D eigenvalue weighted by atomic mass is 10.0.